The molecular formula is C15H17BrFNO2. The lowest BCUT2D eigenvalue weighted by atomic mass is 10.3. The first-order valence-corrected chi connectivity index (χ1v) is 7.22. The van der Waals surface area contributed by atoms with E-state index in [0.717, 1.165) is 5.76 Å². The number of ether oxygens (including phenoxy) is 1. The molecular weight excluding hydrogens is 325 g/mol. The van der Waals surface area contributed by atoms with Crippen LogP contribution in [0.5, 0.6) is 5.75 Å². The lowest BCUT2D eigenvalue weighted by Gasteiger charge is -2.07. The van der Waals surface area contributed by atoms with Gasteiger partial charge in [-0.1, -0.05) is 13.8 Å². The van der Waals surface area contributed by atoms with Crippen LogP contribution in [0.4, 0.5) is 4.39 Å². The van der Waals surface area contributed by atoms with Gasteiger partial charge in [0.15, 0.2) is 0 Å². The summed E-state index contributed by atoms with van der Waals surface area (Å²) in [5.41, 5.74) is 0. The number of halogens is 2. The molecule has 0 bridgehead atoms. The monoisotopic (exact) mass is 341 g/mol. The summed E-state index contributed by atoms with van der Waals surface area (Å²) in [6.45, 7) is 5.11. The minimum absolute atomic E-state index is 0.268. The second-order valence-corrected chi connectivity index (χ2v) is 5.62. The third-order valence-corrected chi connectivity index (χ3v) is 3.32. The number of furan rings is 1. The van der Waals surface area contributed by atoms with Crippen molar-refractivity contribution < 1.29 is 13.5 Å². The van der Waals surface area contributed by atoms with Gasteiger partial charge in [-0.05, 0) is 40.2 Å². The maximum Gasteiger partial charge on any atom is 0.146 e. The third-order valence-electron chi connectivity index (χ3n) is 2.67. The van der Waals surface area contributed by atoms with Crippen molar-refractivity contribution in [1.29, 1.82) is 0 Å². The highest BCUT2D eigenvalue weighted by Gasteiger charge is 2.06. The van der Waals surface area contributed by atoms with Crippen LogP contribution >= 0.6 is 15.9 Å². The molecule has 0 aliphatic heterocycles. The van der Waals surface area contributed by atoms with Gasteiger partial charge >= 0.3 is 0 Å². The Kier molecular flexibility index (Phi) is 5.20. The minimum atomic E-state index is -0.329. The summed E-state index contributed by atoms with van der Waals surface area (Å²) in [5, 5.41) is 3.27. The average Bonchev–Trinajstić information content (AvgIpc) is 2.85. The van der Waals surface area contributed by atoms with Gasteiger partial charge in [-0.2, -0.15) is 0 Å². The molecule has 1 aromatic carbocycles. The van der Waals surface area contributed by atoms with E-state index >= 15 is 0 Å². The molecule has 0 unspecified atom stereocenters. The van der Waals surface area contributed by atoms with E-state index in [0.29, 0.717) is 28.6 Å². The Bertz CT molecular complexity index is 569. The molecule has 1 N–H and O–H groups in total. The molecule has 0 aliphatic carbocycles. The van der Waals surface area contributed by atoms with Gasteiger partial charge in [0.05, 0.1) is 11.0 Å². The van der Waals surface area contributed by atoms with Gasteiger partial charge in [0.25, 0.3) is 0 Å². The van der Waals surface area contributed by atoms with Crippen molar-refractivity contribution in [1.82, 2.24) is 5.32 Å². The van der Waals surface area contributed by atoms with Gasteiger partial charge in [0.2, 0.25) is 0 Å². The highest BCUT2D eigenvalue weighted by atomic mass is 79.9. The summed E-state index contributed by atoms with van der Waals surface area (Å²) in [5.74, 6) is 1.70. The molecule has 2 aromatic rings. The first kappa shape index (κ1) is 15.1. The van der Waals surface area contributed by atoms with Gasteiger partial charge in [0, 0.05) is 12.1 Å². The number of nitrogens with one attached hydrogen (secondary N) is 1. The molecule has 108 valence electrons. The maximum absolute atomic E-state index is 13.1. The van der Waals surface area contributed by atoms with Crippen LogP contribution in [0.2, 0.25) is 0 Å². The summed E-state index contributed by atoms with van der Waals surface area (Å²) < 4.78 is 25.0. The summed E-state index contributed by atoms with van der Waals surface area (Å²) in [6.07, 6.45) is 0. The Hall–Kier alpha value is -1.33. The molecule has 0 saturated heterocycles. The van der Waals surface area contributed by atoms with Crippen molar-refractivity contribution in [2.45, 2.75) is 33.0 Å². The topological polar surface area (TPSA) is 34.4 Å². The highest BCUT2D eigenvalue weighted by Crippen LogP contribution is 2.26. The van der Waals surface area contributed by atoms with Crippen LogP contribution < -0.4 is 10.1 Å². The van der Waals surface area contributed by atoms with Gasteiger partial charge in [0.1, 0.15) is 29.7 Å². The SMILES string of the molecule is CC(C)NCc1ccc(COc2cc(F)ccc2Br)o1. The van der Waals surface area contributed by atoms with Crippen LogP contribution in [0.1, 0.15) is 25.4 Å². The highest BCUT2D eigenvalue weighted by molar-refractivity contribution is 9.10. The maximum atomic E-state index is 13.1. The van der Waals surface area contributed by atoms with Crippen LogP contribution in [-0.2, 0) is 13.2 Å². The Morgan fingerprint density at radius 2 is 2.00 bits per heavy atom. The zero-order valence-electron chi connectivity index (χ0n) is 11.5. The smallest absolute Gasteiger partial charge is 0.146 e. The molecule has 0 spiro atoms. The zero-order chi connectivity index (χ0) is 14.5. The second kappa shape index (κ2) is 6.90. The van der Waals surface area contributed by atoms with Gasteiger partial charge in [-0.3, -0.25) is 0 Å². The van der Waals surface area contributed by atoms with Crippen molar-refractivity contribution in [3.05, 3.63) is 52.1 Å². The Morgan fingerprint density at radius 1 is 1.25 bits per heavy atom. The third kappa shape index (κ3) is 4.35. The quantitative estimate of drug-likeness (QED) is 0.852. The summed E-state index contributed by atoms with van der Waals surface area (Å²) in [6, 6.07) is 8.51. The molecule has 2 rings (SSSR count). The zero-order valence-corrected chi connectivity index (χ0v) is 13.0. The van der Waals surface area contributed by atoms with Crippen LogP contribution in [0.3, 0.4) is 0 Å². The normalized spacial score (nSPS) is 11.1. The van der Waals surface area contributed by atoms with E-state index in [1.165, 1.54) is 12.1 Å². The van der Waals surface area contributed by atoms with Crippen molar-refractivity contribution in [2.75, 3.05) is 0 Å². The largest absolute Gasteiger partial charge is 0.484 e. The van der Waals surface area contributed by atoms with E-state index in [9.17, 15) is 4.39 Å². The number of hydrogen-bond donors (Lipinski definition) is 1. The van der Waals surface area contributed by atoms with E-state index in [1.54, 1.807) is 6.07 Å². The van der Waals surface area contributed by atoms with Crippen molar-refractivity contribution in [3.63, 3.8) is 0 Å². The summed E-state index contributed by atoms with van der Waals surface area (Å²) >= 11 is 3.32. The van der Waals surface area contributed by atoms with Gasteiger partial charge in [-0.25, -0.2) is 4.39 Å². The van der Waals surface area contributed by atoms with Crippen molar-refractivity contribution in [3.8, 4) is 5.75 Å². The first-order chi connectivity index (χ1) is 9.54. The number of benzene rings is 1. The molecule has 1 heterocycles. The van der Waals surface area contributed by atoms with Gasteiger partial charge < -0.3 is 14.5 Å². The fraction of sp³-hybridized carbons (Fsp3) is 0.333. The lowest BCUT2D eigenvalue weighted by Crippen LogP contribution is -2.21. The van der Waals surface area contributed by atoms with Gasteiger partial charge in [-0.15, -0.1) is 0 Å². The molecule has 0 radical (unpaired) electrons. The summed E-state index contributed by atoms with van der Waals surface area (Å²) in [4.78, 5) is 0. The molecule has 1 aromatic heterocycles. The van der Waals surface area contributed by atoms with Crippen LogP contribution in [0.15, 0.2) is 39.2 Å². The number of rotatable bonds is 6. The molecule has 0 saturated carbocycles. The fourth-order valence-electron chi connectivity index (χ4n) is 1.64. The van der Waals surface area contributed by atoms with E-state index in [-0.39, 0.29) is 12.4 Å². The molecule has 0 atom stereocenters. The van der Waals surface area contributed by atoms with E-state index in [4.69, 9.17) is 9.15 Å². The van der Waals surface area contributed by atoms with E-state index < -0.39 is 0 Å². The first-order valence-electron chi connectivity index (χ1n) is 6.43. The molecule has 5 heteroatoms. The van der Waals surface area contributed by atoms with Crippen molar-refractivity contribution in [2.24, 2.45) is 0 Å². The number of hydrogen-bond acceptors (Lipinski definition) is 3. The fourth-order valence-corrected chi connectivity index (χ4v) is 2.00. The van der Waals surface area contributed by atoms with Crippen molar-refractivity contribution >= 4 is 15.9 Å². The van der Waals surface area contributed by atoms with Crippen LogP contribution in [0, 0.1) is 5.82 Å². The second-order valence-electron chi connectivity index (χ2n) is 4.77. The minimum Gasteiger partial charge on any atom is -0.484 e. The van der Waals surface area contributed by atoms with E-state index in [1.807, 2.05) is 12.1 Å². The van der Waals surface area contributed by atoms with E-state index in [2.05, 4.69) is 35.1 Å². The molecule has 0 amide bonds. The Balaban J connectivity index is 1.92. The van der Waals surface area contributed by atoms with Crippen LogP contribution in [0.25, 0.3) is 0 Å². The average molecular weight is 342 g/mol. The predicted molar refractivity (Wildman–Crippen MR) is 79.1 cm³/mol. The molecule has 20 heavy (non-hydrogen) atoms. The lowest BCUT2D eigenvalue weighted by molar-refractivity contribution is 0.262. The predicted octanol–water partition coefficient (Wildman–Crippen LogP) is 4.26. The summed E-state index contributed by atoms with van der Waals surface area (Å²) in [7, 11) is 0. The molecule has 0 fully saturated rings. The Morgan fingerprint density at radius 3 is 2.75 bits per heavy atom. The standard InChI is InChI=1S/C15H17BrFNO2/c1-10(2)18-8-12-4-5-13(20-12)9-19-15-7-11(17)3-6-14(15)16/h3-7,10,18H,8-9H2,1-2H3. The Labute approximate surface area is 126 Å². The molecule has 0 aliphatic rings. The van der Waals surface area contributed by atoms with Crippen LogP contribution in [-0.4, -0.2) is 6.04 Å². The molecule has 3 nitrogen and oxygen atoms in total.